The van der Waals surface area contributed by atoms with E-state index >= 15 is 0 Å². The first-order valence-electron chi connectivity index (χ1n) is 4.88. The van der Waals surface area contributed by atoms with Crippen LogP contribution in [-0.4, -0.2) is 21.7 Å². The second-order valence-corrected chi connectivity index (χ2v) is 4.25. The minimum atomic E-state index is -0.698. The molecule has 90 valence electrons. The van der Waals surface area contributed by atoms with Crippen LogP contribution in [0.4, 0.5) is 10.6 Å². The van der Waals surface area contributed by atoms with Gasteiger partial charge < -0.3 is 4.74 Å². The first kappa shape index (κ1) is 12.8. The van der Waals surface area contributed by atoms with Crippen molar-refractivity contribution in [2.75, 3.05) is 5.32 Å². The number of anilines is 1. The summed E-state index contributed by atoms with van der Waals surface area (Å²) in [5.74, 6) is 2.39. The van der Waals surface area contributed by atoms with Crippen LogP contribution < -0.4 is 11.0 Å². The Kier molecular flexibility index (Phi) is 3.53. The Labute approximate surface area is 98.4 Å². The Hall–Kier alpha value is -2.29. The van der Waals surface area contributed by atoms with Crippen molar-refractivity contribution in [3.05, 3.63) is 22.2 Å². The SMILES string of the molecule is C#Cc1cnc(=O)[nH]c1NC(=O)OC(C)(C)C. The maximum atomic E-state index is 11.5. The van der Waals surface area contributed by atoms with Crippen LogP contribution in [0.3, 0.4) is 0 Å². The largest absolute Gasteiger partial charge is 0.444 e. The molecule has 0 atom stereocenters. The third kappa shape index (κ3) is 3.99. The summed E-state index contributed by atoms with van der Waals surface area (Å²) in [5.41, 5.74) is -0.959. The average molecular weight is 235 g/mol. The lowest BCUT2D eigenvalue weighted by molar-refractivity contribution is 0.0635. The number of amides is 1. The Morgan fingerprint density at radius 3 is 2.76 bits per heavy atom. The van der Waals surface area contributed by atoms with Gasteiger partial charge >= 0.3 is 11.8 Å². The fourth-order valence-corrected chi connectivity index (χ4v) is 1.01. The topological polar surface area (TPSA) is 84.1 Å². The number of carbonyl (C=O) groups excluding carboxylic acids is 1. The molecule has 0 saturated heterocycles. The molecule has 1 rings (SSSR count). The van der Waals surface area contributed by atoms with Gasteiger partial charge in [0.25, 0.3) is 0 Å². The molecule has 1 amide bonds. The number of aromatic nitrogens is 2. The van der Waals surface area contributed by atoms with Crippen molar-refractivity contribution in [1.29, 1.82) is 0 Å². The normalized spacial score (nSPS) is 10.5. The molecule has 0 unspecified atom stereocenters. The van der Waals surface area contributed by atoms with Gasteiger partial charge in [-0.15, -0.1) is 6.42 Å². The van der Waals surface area contributed by atoms with Gasteiger partial charge in [0.1, 0.15) is 11.4 Å². The fraction of sp³-hybridized carbons (Fsp3) is 0.364. The lowest BCUT2D eigenvalue weighted by Crippen LogP contribution is -2.28. The lowest BCUT2D eigenvalue weighted by atomic mass is 10.2. The number of terminal acetylenes is 1. The molecular weight excluding hydrogens is 222 g/mol. The monoisotopic (exact) mass is 235 g/mol. The number of rotatable bonds is 1. The number of hydrogen-bond donors (Lipinski definition) is 2. The summed E-state index contributed by atoms with van der Waals surface area (Å²) in [7, 11) is 0. The van der Waals surface area contributed by atoms with Crippen LogP contribution in [0.1, 0.15) is 26.3 Å². The van der Waals surface area contributed by atoms with E-state index in [1.54, 1.807) is 20.8 Å². The number of H-pyrrole nitrogens is 1. The average Bonchev–Trinajstić information content (AvgIpc) is 2.14. The van der Waals surface area contributed by atoms with E-state index in [9.17, 15) is 9.59 Å². The molecule has 1 heterocycles. The summed E-state index contributed by atoms with van der Waals surface area (Å²) in [4.78, 5) is 28.2. The van der Waals surface area contributed by atoms with Crippen molar-refractivity contribution < 1.29 is 9.53 Å². The molecule has 0 aromatic carbocycles. The molecule has 1 aromatic heterocycles. The number of nitrogens with one attached hydrogen (secondary N) is 2. The van der Waals surface area contributed by atoms with Crippen LogP contribution in [0, 0.1) is 12.3 Å². The lowest BCUT2D eigenvalue weighted by Gasteiger charge is -2.19. The standard InChI is InChI=1S/C11H13N3O3/c1-5-7-6-12-9(15)13-8(7)14-10(16)17-11(2,3)4/h1,6H,2-4H3,(H2,12,13,14,15,16). The van der Waals surface area contributed by atoms with E-state index in [1.165, 1.54) is 6.20 Å². The van der Waals surface area contributed by atoms with E-state index in [0.29, 0.717) is 0 Å². The maximum absolute atomic E-state index is 11.5. The van der Waals surface area contributed by atoms with Gasteiger partial charge in [0.15, 0.2) is 0 Å². The fourth-order valence-electron chi connectivity index (χ4n) is 1.01. The molecule has 17 heavy (non-hydrogen) atoms. The Morgan fingerprint density at radius 1 is 1.59 bits per heavy atom. The summed E-state index contributed by atoms with van der Waals surface area (Å²) in [6, 6.07) is 0. The predicted molar refractivity (Wildman–Crippen MR) is 62.6 cm³/mol. The zero-order valence-electron chi connectivity index (χ0n) is 9.83. The van der Waals surface area contributed by atoms with E-state index < -0.39 is 17.4 Å². The first-order valence-corrected chi connectivity index (χ1v) is 4.88. The molecule has 0 aliphatic heterocycles. The second-order valence-electron chi connectivity index (χ2n) is 4.25. The van der Waals surface area contributed by atoms with Crippen LogP contribution in [0.25, 0.3) is 0 Å². The third-order valence-electron chi connectivity index (χ3n) is 1.59. The van der Waals surface area contributed by atoms with E-state index in [-0.39, 0.29) is 11.4 Å². The van der Waals surface area contributed by atoms with Gasteiger partial charge in [-0.2, -0.15) is 0 Å². The molecule has 1 aromatic rings. The Bertz CT molecular complexity index is 520. The maximum Gasteiger partial charge on any atom is 0.413 e. The number of aromatic amines is 1. The van der Waals surface area contributed by atoms with Gasteiger partial charge in [-0.3, -0.25) is 10.3 Å². The molecule has 6 nitrogen and oxygen atoms in total. The van der Waals surface area contributed by atoms with Crippen LogP contribution in [0.2, 0.25) is 0 Å². The van der Waals surface area contributed by atoms with Gasteiger partial charge in [0, 0.05) is 0 Å². The van der Waals surface area contributed by atoms with Gasteiger partial charge in [-0.1, -0.05) is 5.92 Å². The summed E-state index contributed by atoms with van der Waals surface area (Å²) in [6.45, 7) is 5.18. The van der Waals surface area contributed by atoms with Crippen LogP contribution in [-0.2, 0) is 4.74 Å². The van der Waals surface area contributed by atoms with Crippen LogP contribution in [0.5, 0.6) is 0 Å². The van der Waals surface area contributed by atoms with Gasteiger partial charge in [-0.05, 0) is 20.8 Å². The molecular formula is C11H13N3O3. The molecule has 0 fully saturated rings. The molecule has 0 radical (unpaired) electrons. The van der Waals surface area contributed by atoms with Crippen molar-refractivity contribution in [2.24, 2.45) is 0 Å². The molecule has 0 saturated carbocycles. The summed E-state index contributed by atoms with van der Waals surface area (Å²) in [5, 5.41) is 2.36. The van der Waals surface area contributed by atoms with E-state index in [1.807, 2.05) is 0 Å². The highest BCUT2D eigenvalue weighted by atomic mass is 16.6. The van der Waals surface area contributed by atoms with Crippen LogP contribution >= 0.6 is 0 Å². The van der Waals surface area contributed by atoms with Crippen molar-refractivity contribution >= 4 is 11.9 Å². The van der Waals surface area contributed by atoms with Crippen molar-refractivity contribution in [1.82, 2.24) is 9.97 Å². The summed E-state index contributed by atoms with van der Waals surface area (Å²) < 4.78 is 5.02. The molecule has 6 heteroatoms. The Balaban J connectivity index is 2.89. The number of ether oxygens (including phenoxy) is 1. The zero-order valence-corrected chi connectivity index (χ0v) is 9.83. The Morgan fingerprint density at radius 2 is 2.24 bits per heavy atom. The smallest absolute Gasteiger partial charge is 0.413 e. The molecule has 0 aliphatic rings. The van der Waals surface area contributed by atoms with Gasteiger partial charge in [0.05, 0.1) is 11.8 Å². The van der Waals surface area contributed by atoms with E-state index in [2.05, 4.69) is 21.2 Å². The minimum Gasteiger partial charge on any atom is -0.444 e. The van der Waals surface area contributed by atoms with Gasteiger partial charge in [-0.25, -0.2) is 14.6 Å². The van der Waals surface area contributed by atoms with Crippen molar-refractivity contribution in [2.45, 2.75) is 26.4 Å². The number of hydrogen-bond acceptors (Lipinski definition) is 4. The van der Waals surface area contributed by atoms with Crippen LogP contribution in [0.15, 0.2) is 11.0 Å². The third-order valence-corrected chi connectivity index (χ3v) is 1.59. The van der Waals surface area contributed by atoms with Crippen molar-refractivity contribution in [3.63, 3.8) is 0 Å². The quantitative estimate of drug-likeness (QED) is 0.714. The van der Waals surface area contributed by atoms with Gasteiger partial charge in [0.2, 0.25) is 0 Å². The van der Waals surface area contributed by atoms with Crippen molar-refractivity contribution in [3.8, 4) is 12.3 Å². The van der Waals surface area contributed by atoms with E-state index in [4.69, 9.17) is 11.2 Å². The zero-order chi connectivity index (χ0) is 13.1. The molecule has 0 bridgehead atoms. The predicted octanol–water partition coefficient (Wildman–Crippen LogP) is 1.10. The summed E-state index contributed by atoms with van der Waals surface area (Å²) in [6.07, 6.45) is 5.70. The number of nitrogens with zero attached hydrogens (tertiary/aromatic N) is 1. The highest BCUT2D eigenvalue weighted by Gasteiger charge is 2.17. The second kappa shape index (κ2) is 4.70. The highest BCUT2D eigenvalue weighted by molar-refractivity contribution is 5.85. The molecule has 2 N–H and O–H groups in total. The minimum absolute atomic E-state index is 0.0988. The molecule has 0 aliphatic carbocycles. The molecule has 0 spiro atoms. The summed E-state index contributed by atoms with van der Waals surface area (Å²) >= 11 is 0. The highest BCUT2D eigenvalue weighted by Crippen LogP contribution is 2.11. The number of carbonyl (C=O) groups is 1. The first-order chi connectivity index (χ1) is 7.81. The van der Waals surface area contributed by atoms with E-state index in [0.717, 1.165) is 0 Å².